The Balaban J connectivity index is 2.09. The second-order valence-corrected chi connectivity index (χ2v) is 4.36. The minimum absolute atomic E-state index is 0.552. The van der Waals surface area contributed by atoms with Crippen molar-refractivity contribution >= 4 is 0 Å². The van der Waals surface area contributed by atoms with Gasteiger partial charge in [0.25, 0.3) is 0 Å². The molecule has 1 aliphatic carbocycles. The van der Waals surface area contributed by atoms with Crippen molar-refractivity contribution in [3.8, 4) is 0 Å². The van der Waals surface area contributed by atoms with E-state index >= 15 is 0 Å². The second-order valence-electron chi connectivity index (χ2n) is 4.36. The molecule has 0 N–H and O–H groups in total. The lowest BCUT2D eigenvalue weighted by Gasteiger charge is -2.27. The molecular formula is C10H18O. The molecule has 0 aromatic rings. The van der Waals surface area contributed by atoms with E-state index in [1.807, 2.05) is 0 Å². The van der Waals surface area contributed by atoms with Gasteiger partial charge < -0.3 is 4.74 Å². The summed E-state index contributed by atoms with van der Waals surface area (Å²) < 4.78 is 5.74. The van der Waals surface area contributed by atoms with E-state index in [-0.39, 0.29) is 0 Å². The highest BCUT2D eigenvalue weighted by molar-refractivity contribution is 4.89. The molecule has 1 heteroatoms. The zero-order chi connectivity index (χ0) is 7.73. The lowest BCUT2D eigenvalue weighted by atomic mass is 9.79. The molecule has 0 aromatic heterocycles. The molecule has 11 heavy (non-hydrogen) atoms. The molecule has 1 saturated heterocycles. The third-order valence-electron chi connectivity index (χ3n) is 3.48. The molecule has 2 rings (SSSR count). The molecule has 2 aliphatic rings. The Kier molecular flexibility index (Phi) is 1.92. The second kappa shape index (κ2) is 2.78. The Morgan fingerprint density at radius 3 is 3.00 bits per heavy atom. The molecule has 1 saturated carbocycles. The zero-order valence-corrected chi connectivity index (χ0v) is 7.44. The van der Waals surface area contributed by atoms with Crippen LogP contribution in [0.15, 0.2) is 0 Å². The molecule has 0 spiro atoms. The van der Waals surface area contributed by atoms with Gasteiger partial charge in [0, 0.05) is 6.61 Å². The average Bonchev–Trinajstić information content (AvgIpc) is 2.24. The fraction of sp³-hybridized carbons (Fsp3) is 1.00. The Bertz CT molecular complexity index is 144. The van der Waals surface area contributed by atoms with E-state index in [9.17, 15) is 0 Å². The van der Waals surface area contributed by atoms with Crippen LogP contribution in [-0.2, 0) is 4.74 Å². The van der Waals surface area contributed by atoms with Gasteiger partial charge in [0.05, 0.1) is 6.10 Å². The molecule has 1 nitrogen and oxygen atoms in total. The van der Waals surface area contributed by atoms with Gasteiger partial charge in [-0.1, -0.05) is 26.2 Å². The van der Waals surface area contributed by atoms with Gasteiger partial charge in [0.2, 0.25) is 0 Å². The zero-order valence-electron chi connectivity index (χ0n) is 7.44. The number of ether oxygens (including phenoxy) is 1. The number of hydrogen-bond acceptors (Lipinski definition) is 1. The first-order chi connectivity index (χ1) is 5.31. The molecule has 0 unspecified atom stereocenters. The summed E-state index contributed by atoms with van der Waals surface area (Å²) in [6, 6.07) is 0. The van der Waals surface area contributed by atoms with Crippen LogP contribution in [0.4, 0.5) is 0 Å². The third kappa shape index (κ3) is 1.31. The predicted octanol–water partition coefficient (Wildman–Crippen LogP) is 2.75. The first-order valence-electron chi connectivity index (χ1n) is 4.93. The van der Waals surface area contributed by atoms with Gasteiger partial charge in [0.1, 0.15) is 0 Å². The first-order valence-corrected chi connectivity index (χ1v) is 4.93. The van der Waals surface area contributed by atoms with Gasteiger partial charge >= 0.3 is 0 Å². The summed E-state index contributed by atoms with van der Waals surface area (Å²) in [6.07, 6.45) is 8.86. The van der Waals surface area contributed by atoms with E-state index in [0.29, 0.717) is 11.5 Å². The molecule has 0 bridgehead atoms. The van der Waals surface area contributed by atoms with Crippen LogP contribution in [0.3, 0.4) is 0 Å². The summed E-state index contributed by atoms with van der Waals surface area (Å²) in [5.74, 6) is 0. The number of rotatable bonds is 0. The van der Waals surface area contributed by atoms with Crippen molar-refractivity contribution in [3.05, 3.63) is 0 Å². The topological polar surface area (TPSA) is 9.23 Å². The highest BCUT2D eigenvalue weighted by Gasteiger charge is 2.39. The molecule has 0 aromatic carbocycles. The monoisotopic (exact) mass is 154 g/mol. The maximum atomic E-state index is 5.74. The summed E-state index contributed by atoms with van der Waals surface area (Å²) in [7, 11) is 0. The van der Waals surface area contributed by atoms with Crippen molar-refractivity contribution in [1.29, 1.82) is 0 Å². The Morgan fingerprint density at radius 1 is 1.18 bits per heavy atom. The maximum absolute atomic E-state index is 5.74. The predicted molar refractivity (Wildman–Crippen MR) is 45.5 cm³/mol. The Hall–Kier alpha value is -0.0400. The molecule has 1 aliphatic heterocycles. The van der Waals surface area contributed by atoms with Crippen LogP contribution < -0.4 is 0 Å². The van der Waals surface area contributed by atoms with Crippen molar-refractivity contribution in [2.75, 3.05) is 6.61 Å². The van der Waals surface area contributed by atoms with E-state index in [1.54, 1.807) is 0 Å². The van der Waals surface area contributed by atoms with Crippen LogP contribution in [-0.4, -0.2) is 12.7 Å². The maximum Gasteiger partial charge on any atom is 0.0629 e. The largest absolute Gasteiger partial charge is 0.378 e. The van der Waals surface area contributed by atoms with Crippen molar-refractivity contribution < 1.29 is 4.74 Å². The standard InChI is InChI=1S/C10H18O/c1-10-6-4-2-3-5-9(10)11-8-7-10/h9H,2-8H2,1H3/t9-,10+/m1/s1. The van der Waals surface area contributed by atoms with Crippen LogP contribution in [0.1, 0.15) is 45.4 Å². The molecule has 0 radical (unpaired) electrons. The molecule has 1 heterocycles. The summed E-state index contributed by atoms with van der Waals surface area (Å²) in [4.78, 5) is 0. The fourth-order valence-corrected chi connectivity index (χ4v) is 2.55. The lowest BCUT2D eigenvalue weighted by Crippen LogP contribution is -2.25. The molecule has 0 amide bonds. The van der Waals surface area contributed by atoms with Gasteiger partial charge in [-0.2, -0.15) is 0 Å². The molecule has 2 atom stereocenters. The van der Waals surface area contributed by atoms with Crippen molar-refractivity contribution in [1.82, 2.24) is 0 Å². The molecule has 2 fully saturated rings. The summed E-state index contributed by atoms with van der Waals surface area (Å²) in [5, 5.41) is 0. The molecule has 64 valence electrons. The van der Waals surface area contributed by atoms with Crippen LogP contribution in [0.25, 0.3) is 0 Å². The Morgan fingerprint density at radius 2 is 2.09 bits per heavy atom. The summed E-state index contributed by atoms with van der Waals surface area (Å²) >= 11 is 0. The SMILES string of the molecule is C[C@@]12CCCCC[C@H]1OCC2. The third-order valence-corrected chi connectivity index (χ3v) is 3.48. The normalized spacial score (nSPS) is 45.0. The van der Waals surface area contributed by atoms with Crippen molar-refractivity contribution in [2.45, 2.75) is 51.6 Å². The highest BCUT2D eigenvalue weighted by atomic mass is 16.5. The van der Waals surface area contributed by atoms with E-state index in [4.69, 9.17) is 4.74 Å². The summed E-state index contributed by atoms with van der Waals surface area (Å²) in [5.41, 5.74) is 0.552. The van der Waals surface area contributed by atoms with Gasteiger partial charge in [-0.05, 0) is 24.7 Å². The minimum atomic E-state index is 0.552. The number of fused-ring (bicyclic) bond motifs is 1. The van der Waals surface area contributed by atoms with Gasteiger partial charge in [-0.15, -0.1) is 0 Å². The van der Waals surface area contributed by atoms with E-state index in [1.165, 1.54) is 38.5 Å². The van der Waals surface area contributed by atoms with Gasteiger partial charge in [0.15, 0.2) is 0 Å². The Labute approximate surface area is 69.1 Å². The quantitative estimate of drug-likeness (QED) is 0.521. The van der Waals surface area contributed by atoms with Gasteiger partial charge in [-0.3, -0.25) is 0 Å². The van der Waals surface area contributed by atoms with E-state index in [2.05, 4.69) is 6.92 Å². The van der Waals surface area contributed by atoms with E-state index < -0.39 is 0 Å². The van der Waals surface area contributed by atoms with Crippen LogP contribution >= 0.6 is 0 Å². The van der Waals surface area contributed by atoms with E-state index in [0.717, 1.165) is 6.61 Å². The minimum Gasteiger partial charge on any atom is -0.378 e. The van der Waals surface area contributed by atoms with Crippen LogP contribution in [0.5, 0.6) is 0 Å². The number of hydrogen-bond donors (Lipinski definition) is 0. The van der Waals surface area contributed by atoms with Crippen LogP contribution in [0, 0.1) is 5.41 Å². The highest BCUT2D eigenvalue weighted by Crippen LogP contribution is 2.43. The summed E-state index contributed by atoms with van der Waals surface area (Å²) in [6.45, 7) is 3.43. The smallest absolute Gasteiger partial charge is 0.0629 e. The fourth-order valence-electron chi connectivity index (χ4n) is 2.55. The van der Waals surface area contributed by atoms with Gasteiger partial charge in [-0.25, -0.2) is 0 Å². The molecular weight excluding hydrogens is 136 g/mol. The van der Waals surface area contributed by atoms with Crippen LogP contribution in [0.2, 0.25) is 0 Å². The van der Waals surface area contributed by atoms with Crippen molar-refractivity contribution in [3.63, 3.8) is 0 Å². The first kappa shape index (κ1) is 7.60. The average molecular weight is 154 g/mol. The lowest BCUT2D eigenvalue weighted by molar-refractivity contribution is 0.0514. The van der Waals surface area contributed by atoms with Crippen molar-refractivity contribution in [2.24, 2.45) is 5.41 Å².